The highest BCUT2D eigenvalue weighted by molar-refractivity contribution is 5.29. The zero-order chi connectivity index (χ0) is 22.6. The minimum Gasteiger partial charge on any atom is -0.490 e. The molecule has 1 aliphatic heterocycles. The van der Waals surface area contributed by atoms with Crippen LogP contribution in [-0.2, 0) is 6.61 Å². The third-order valence-corrected chi connectivity index (χ3v) is 6.84. The van der Waals surface area contributed by atoms with Crippen molar-refractivity contribution in [1.82, 2.24) is 4.90 Å². The minimum atomic E-state index is -0.515. The van der Waals surface area contributed by atoms with E-state index in [9.17, 15) is 9.50 Å². The topological polar surface area (TPSA) is 41.9 Å². The average Bonchev–Trinajstić information content (AvgIpc) is 3.38. The Morgan fingerprint density at radius 1 is 0.848 bits per heavy atom. The third-order valence-electron chi connectivity index (χ3n) is 6.84. The number of hydrogen-bond donors (Lipinski definition) is 1. The number of aliphatic hydroxyl groups is 1. The van der Waals surface area contributed by atoms with Crippen LogP contribution in [0.3, 0.4) is 0 Å². The Bertz CT molecular complexity index is 1010. The largest absolute Gasteiger partial charge is 0.490 e. The lowest BCUT2D eigenvalue weighted by Gasteiger charge is -2.22. The molecule has 3 aromatic carbocycles. The fourth-order valence-corrected chi connectivity index (χ4v) is 5.17. The predicted molar refractivity (Wildman–Crippen MR) is 126 cm³/mol. The summed E-state index contributed by atoms with van der Waals surface area (Å²) >= 11 is 0. The molecule has 1 aliphatic carbocycles. The van der Waals surface area contributed by atoms with E-state index in [0.29, 0.717) is 25.0 Å². The van der Waals surface area contributed by atoms with Crippen LogP contribution in [0, 0.1) is 17.7 Å². The van der Waals surface area contributed by atoms with E-state index in [2.05, 4.69) is 4.90 Å². The number of nitrogens with zero attached hydrogens (tertiary/aromatic N) is 1. The lowest BCUT2D eigenvalue weighted by molar-refractivity contribution is 0.116. The van der Waals surface area contributed by atoms with Crippen molar-refractivity contribution in [3.05, 3.63) is 95.8 Å². The van der Waals surface area contributed by atoms with Crippen molar-refractivity contribution < 1.29 is 19.0 Å². The Morgan fingerprint density at radius 3 is 2.15 bits per heavy atom. The van der Waals surface area contributed by atoms with E-state index in [1.807, 2.05) is 54.6 Å². The van der Waals surface area contributed by atoms with Gasteiger partial charge in [0, 0.05) is 19.6 Å². The first kappa shape index (κ1) is 21.9. The maximum Gasteiger partial charge on any atom is 0.123 e. The second-order valence-electron chi connectivity index (χ2n) is 9.26. The molecular weight excluding hydrogens is 417 g/mol. The van der Waals surface area contributed by atoms with Gasteiger partial charge in [-0.25, -0.2) is 4.39 Å². The molecule has 4 nitrogen and oxygen atoms in total. The first-order valence-electron chi connectivity index (χ1n) is 11.7. The molecule has 0 aromatic heterocycles. The summed E-state index contributed by atoms with van der Waals surface area (Å²) in [6, 6.07) is 24.1. The summed E-state index contributed by atoms with van der Waals surface area (Å²) in [7, 11) is 0. The molecule has 1 saturated heterocycles. The standard InChI is InChI=1S/C28H30FNO3/c29-24-8-12-26(13-9-24)33-27-14-22-16-30(17-23(22)15-27)18-28(31)21-6-10-25(11-7-21)32-19-20-4-2-1-3-5-20/h1-13,22-23,27-28,31H,14-19H2/t22-,23+,27-,28?. The summed E-state index contributed by atoms with van der Waals surface area (Å²) in [5.41, 5.74) is 2.04. The highest BCUT2D eigenvalue weighted by Crippen LogP contribution is 2.40. The minimum absolute atomic E-state index is 0.195. The van der Waals surface area contributed by atoms with Crippen LogP contribution in [0.5, 0.6) is 11.5 Å². The molecule has 2 fully saturated rings. The summed E-state index contributed by atoms with van der Waals surface area (Å²) in [4.78, 5) is 2.37. The molecule has 2 aliphatic rings. The van der Waals surface area contributed by atoms with Gasteiger partial charge in [-0.3, -0.25) is 4.90 Å². The Balaban J connectivity index is 1.08. The molecule has 4 atom stereocenters. The number of benzene rings is 3. The SMILES string of the molecule is OC(CN1C[C@H]2C[C@@H](Oc3ccc(F)cc3)C[C@H]2C1)c1ccc(OCc2ccccc2)cc1. The summed E-state index contributed by atoms with van der Waals surface area (Å²) < 4.78 is 25.0. The van der Waals surface area contributed by atoms with Gasteiger partial charge in [0.1, 0.15) is 23.9 Å². The number of hydrogen-bond acceptors (Lipinski definition) is 4. The maximum atomic E-state index is 13.1. The highest BCUT2D eigenvalue weighted by Gasteiger charge is 2.42. The van der Waals surface area contributed by atoms with Crippen LogP contribution < -0.4 is 9.47 Å². The molecule has 0 spiro atoms. The number of likely N-dealkylation sites (tertiary alicyclic amines) is 1. The van der Waals surface area contributed by atoms with Gasteiger partial charge in [0.05, 0.1) is 12.2 Å². The molecule has 5 heteroatoms. The lowest BCUT2D eigenvalue weighted by atomic mass is 10.0. The van der Waals surface area contributed by atoms with Gasteiger partial charge in [0.15, 0.2) is 0 Å². The van der Waals surface area contributed by atoms with E-state index >= 15 is 0 Å². The van der Waals surface area contributed by atoms with Crippen molar-refractivity contribution >= 4 is 0 Å². The smallest absolute Gasteiger partial charge is 0.123 e. The van der Waals surface area contributed by atoms with E-state index in [1.54, 1.807) is 12.1 Å². The van der Waals surface area contributed by atoms with Gasteiger partial charge < -0.3 is 14.6 Å². The number of fused-ring (bicyclic) bond motifs is 1. The van der Waals surface area contributed by atoms with Gasteiger partial charge in [-0.2, -0.15) is 0 Å². The predicted octanol–water partition coefficient (Wildman–Crippen LogP) is 5.23. The summed E-state index contributed by atoms with van der Waals surface area (Å²) in [6.45, 7) is 3.15. The first-order valence-corrected chi connectivity index (χ1v) is 11.7. The van der Waals surface area contributed by atoms with E-state index in [4.69, 9.17) is 9.47 Å². The normalized spacial score (nSPS) is 23.3. The van der Waals surface area contributed by atoms with Gasteiger partial charge in [-0.1, -0.05) is 42.5 Å². The molecule has 0 radical (unpaired) electrons. The van der Waals surface area contributed by atoms with Crippen molar-refractivity contribution in [3.63, 3.8) is 0 Å². The monoisotopic (exact) mass is 447 g/mol. The zero-order valence-corrected chi connectivity index (χ0v) is 18.6. The van der Waals surface area contributed by atoms with Crippen molar-refractivity contribution in [2.24, 2.45) is 11.8 Å². The molecule has 33 heavy (non-hydrogen) atoms. The zero-order valence-electron chi connectivity index (χ0n) is 18.6. The molecule has 172 valence electrons. The number of halogens is 1. The van der Waals surface area contributed by atoms with Crippen molar-refractivity contribution in [2.45, 2.75) is 31.7 Å². The van der Waals surface area contributed by atoms with Gasteiger partial charge >= 0.3 is 0 Å². The molecule has 0 bridgehead atoms. The molecule has 3 aromatic rings. The molecule has 0 amide bonds. The Morgan fingerprint density at radius 2 is 1.48 bits per heavy atom. The summed E-state index contributed by atoms with van der Waals surface area (Å²) in [5.74, 6) is 2.49. The lowest BCUT2D eigenvalue weighted by Crippen LogP contribution is -2.28. The van der Waals surface area contributed by atoms with Crippen LogP contribution in [0.25, 0.3) is 0 Å². The summed E-state index contributed by atoms with van der Waals surface area (Å²) in [5, 5.41) is 10.8. The number of rotatable bonds is 8. The van der Waals surface area contributed by atoms with Gasteiger partial charge in [-0.15, -0.1) is 0 Å². The van der Waals surface area contributed by atoms with E-state index in [0.717, 1.165) is 48.6 Å². The molecule has 1 unspecified atom stereocenters. The molecule has 5 rings (SSSR count). The van der Waals surface area contributed by atoms with Gasteiger partial charge in [-0.05, 0) is 72.2 Å². The van der Waals surface area contributed by atoms with Crippen LogP contribution >= 0.6 is 0 Å². The van der Waals surface area contributed by atoms with Gasteiger partial charge in [0.2, 0.25) is 0 Å². The second kappa shape index (κ2) is 9.94. The van der Waals surface area contributed by atoms with Crippen LogP contribution in [0.2, 0.25) is 0 Å². The molecular formula is C28H30FNO3. The van der Waals surface area contributed by atoms with Crippen molar-refractivity contribution in [1.29, 1.82) is 0 Å². The van der Waals surface area contributed by atoms with Crippen molar-refractivity contribution in [3.8, 4) is 11.5 Å². The van der Waals surface area contributed by atoms with E-state index in [1.165, 1.54) is 12.1 Å². The second-order valence-corrected chi connectivity index (χ2v) is 9.26. The quantitative estimate of drug-likeness (QED) is 0.514. The van der Waals surface area contributed by atoms with Gasteiger partial charge in [0.25, 0.3) is 0 Å². The van der Waals surface area contributed by atoms with Crippen LogP contribution in [0.4, 0.5) is 4.39 Å². The van der Waals surface area contributed by atoms with Crippen molar-refractivity contribution in [2.75, 3.05) is 19.6 Å². The Labute approximate surface area is 194 Å². The third kappa shape index (κ3) is 5.55. The Hall–Kier alpha value is -2.89. The van der Waals surface area contributed by atoms with E-state index in [-0.39, 0.29) is 11.9 Å². The van der Waals surface area contributed by atoms with Crippen LogP contribution in [0.1, 0.15) is 30.1 Å². The Kier molecular flexibility index (Phi) is 6.60. The summed E-state index contributed by atoms with van der Waals surface area (Å²) in [6.07, 6.45) is 1.71. The fraction of sp³-hybridized carbons (Fsp3) is 0.357. The first-order chi connectivity index (χ1) is 16.1. The average molecular weight is 448 g/mol. The molecule has 1 saturated carbocycles. The number of aliphatic hydroxyl groups excluding tert-OH is 1. The van der Waals surface area contributed by atoms with Crippen LogP contribution in [0.15, 0.2) is 78.9 Å². The van der Waals surface area contributed by atoms with Crippen LogP contribution in [-0.4, -0.2) is 35.7 Å². The van der Waals surface area contributed by atoms with E-state index < -0.39 is 6.10 Å². The number of ether oxygens (including phenoxy) is 2. The maximum absolute atomic E-state index is 13.1. The molecule has 1 N–H and O–H groups in total. The fourth-order valence-electron chi connectivity index (χ4n) is 5.17. The number of β-amino-alcohol motifs (C(OH)–C–C–N with tert-alkyl or cyclic N) is 1. The molecule has 1 heterocycles. The highest BCUT2D eigenvalue weighted by atomic mass is 19.1.